The largest absolute Gasteiger partial charge is 0.469 e. The van der Waals surface area contributed by atoms with Crippen molar-refractivity contribution in [2.24, 2.45) is 0 Å². The minimum Gasteiger partial charge on any atom is -0.469 e. The average molecular weight is 284 g/mol. The lowest BCUT2D eigenvalue weighted by molar-refractivity contribution is -0.387. The average Bonchev–Trinajstić information content (AvgIpc) is 2.38. The fraction of sp³-hybridized carbons (Fsp3) is 0.462. The molecule has 0 heterocycles. The summed E-state index contributed by atoms with van der Waals surface area (Å²) in [7, 11) is 3.17. The van der Waals surface area contributed by atoms with E-state index in [2.05, 4.69) is 4.74 Å². The molecular formula is C13H17FN2O4. The Morgan fingerprint density at radius 1 is 1.50 bits per heavy atom. The second-order valence-electron chi connectivity index (χ2n) is 4.46. The van der Waals surface area contributed by atoms with E-state index in [1.165, 1.54) is 13.2 Å². The Kier molecular flexibility index (Phi) is 6.05. The van der Waals surface area contributed by atoms with Gasteiger partial charge >= 0.3 is 11.7 Å². The van der Waals surface area contributed by atoms with Gasteiger partial charge in [-0.15, -0.1) is 0 Å². The standard InChI is InChI=1S/C13H17FN2O4/c1-15(7-3-4-13(17)20-2)9-10-5-6-12(16(18)19)11(14)8-10/h5-6,8H,3-4,7,9H2,1-2H3. The Labute approximate surface area is 116 Å². The van der Waals surface area contributed by atoms with Gasteiger partial charge in [-0.25, -0.2) is 0 Å². The minimum absolute atomic E-state index is 0.264. The summed E-state index contributed by atoms with van der Waals surface area (Å²) in [6.45, 7) is 1.10. The van der Waals surface area contributed by atoms with Crippen LogP contribution in [0, 0.1) is 15.9 Å². The highest BCUT2D eigenvalue weighted by Gasteiger charge is 2.14. The van der Waals surface area contributed by atoms with Crippen LogP contribution in [0.1, 0.15) is 18.4 Å². The predicted octanol–water partition coefficient (Wildman–Crippen LogP) is 2.12. The molecule has 0 aliphatic carbocycles. The Bertz CT molecular complexity index is 493. The van der Waals surface area contributed by atoms with Crippen LogP contribution in [0.15, 0.2) is 18.2 Å². The summed E-state index contributed by atoms with van der Waals surface area (Å²) in [6.07, 6.45) is 0.966. The maximum Gasteiger partial charge on any atom is 0.305 e. The van der Waals surface area contributed by atoms with Crippen molar-refractivity contribution >= 4 is 11.7 Å². The summed E-state index contributed by atoms with van der Waals surface area (Å²) in [5, 5.41) is 10.5. The van der Waals surface area contributed by atoms with Gasteiger partial charge in [0, 0.05) is 19.0 Å². The molecule has 7 heteroatoms. The number of nitrogens with zero attached hydrogens (tertiary/aromatic N) is 2. The van der Waals surface area contributed by atoms with Gasteiger partial charge in [-0.2, -0.15) is 4.39 Å². The Morgan fingerprint density at radius 2 is 2.20 bits per heavy atom. The number of rotatable bonds is 7. The van der Waals surface area contributed by atoms with Gasteiger partial charge in [0.1, 0.15) is 0 Å². The fourth-order valence-corrected chi connectivity index (χ4v) is 1.78. The van der Waals surface area contributed by atoms with E-state index in [0.29, 0.717) is 31.5 Å². The second-order valence-corrected chi connectivity index (χ2v) is 4.46. The molecular weight excluding hydrogens is 267 g/mol. The smallest absolute Gasteiger partial charge is 0.305 e. The van der Waals surface area contributed by atoms with Crippen LogP contribution < -0.4 is 0 Å². The highest BCUT2D eigenvalue weighted by molar-refractivity contribution is 5.69. The molecule has 0 fully saturated rings. The van der Waals surface area contributed by atoms with Crippen molar-refractivity contribution in [2.45, 2.75) is 19.4 Å². The van der Waals surface area contributed by atoms with E-state index in [9.17, 15) is 19.3 Å². The van der Waals surface area contributed by atoms with Crippen LogP contribution in [0.2, 0.25) is 0 Å². The lowest BCUT2D eigenvalue weighted by atomic mass is 10.2. The monoisotopic (exact) mass is 284 g/mol. The summed E-state index contributed by atoms with van der Waals surface area (Å²) in [6, 6.07) is 3.85. The van der Waals surface area contributed by atoms with Gasteiger partial charge in [-0.3, -0.25) is 14.9 Å². The number of nitro benzene ring substituents is 1. The Balaban J connectivity index is 2.50. The summed E-state index contributed by atoms with van der Waals surface area (Å²) < 4.78 is 18.0. The summed E-state index contributed by atoms with van der Waals surface area (Å²) in [5.41, 5.74) is 0.121. The molecule has 1 aromatic rings. The number of carbonyl (C=O) groups excluding carboxylic acids is 1. The number of hydrogen-bond donors (Lipinski definition) is 0. The lowest BCUT2D eigenvalue weighted by Crippen LogP contribution is -2.20. The normalized spacial score (nSPS) is 10.6. The lowest BCUT2D eigenvalue weighted by Gasteiger charge is -2.16. The van der Waals surface area contributed by atoms with E-state index in [0.717, 1.165) is 12.1 Å². The highest BCUT2D eigenvalue weighted by Crippen LogP contribution is 2.18. The van der Waals surface area contributed by atoms with Crippen molar-refractivity contribution in [3.8, 4) is 0 Å². The molecule has 110 valence electrons. The third-order valence-electron chi connectivity index (χ3n) is 2.81. The third-order valence-corrected chi connectivity index (χ3v) is 2.81. The first kappa shape index (κ1) is 16.0. The van der Waals surface area contributed by atoms with E-state index < -0.39 is 16.4 Å². The van der Waals surface area contributed by atoms with Crippen LogP contribution in [-0.4, -0.2) is 36.5 Å². The van der Waals surface area contributed by atoms with Gasteiger partial charge in [0.2, 0.25) is 5.82 Å². The summed E-state index contributed by atoms with van der Waals surface area (Å²) >= 11 is 0. The number of hydrogen-bond acceptors (Lipinski definition) is 5. The zero-order chi connectivity index (χ0) is 15.1. The van der Waals surface area contributed by atoms with Crippen LogP contribution in [-0.2, 0) is 16.1 Å². The Hall–Kier alpha value is -2.02. The molecule has 0 bridgehead atoms. The molecule has 0 spiro atoms. The van der Waals surface area contributed by atoms with E-state index in [1.807, 2.05) is 11.9 Å². The van der Waals surface area contributed by atoms with Gasteiger partial charge in [0.05, 0.1) is 12.0 Å². The molecule has 0 amide bonds. The van der Waals surface area contributed by atoms with Crippen LogP contribution >= 0.6 is 0 Å². The number of benzene rings is 1. The van der Waals surface area contributed by atoms with Gasteiger partial charge in [0.25, 0.3) is 0 Å². The summed E-state index contributed by atoms with van der Waals surface area (Å²) in [4.78, 5) is 22.6. The number of halogens is 1. The second kappa shape index (κ2) is 7.54. The molecule has 0 saturated heterocycles. The van der Waals surface area contributed by atoms with Crippen molar-refractivity contribution in [1.82, 2.24) is 4.90 Å². The number of esters is 1. The molecule has 20 heavy (non-hydrogen) atoms. The molecule has 0 N–H and O–H groups in total. The maximum absolute atomic E-state index is 13.4. The topological polar surface area (TPSA) is 72.7 Å². The van der Waals surface area contributed by atoms with Gasteiger partial charge in [-0.1, -0.05) is 6.07 Å². The van der Waals surface area contributed by atoms with Crippen molar-refractivity contribution in [1.29, 1.82) is 0 Å². The first-order chi connectivity index (χ1) is 9.43. The van der Waals surface area contributed by atoms with Crippen molar-refractivity contribution in [2.75, 3.05) is 20.7 Å². The highest BCUT2D eigenvalue weighted by atomic mass is 19.1. The number of carbonyl (C=O) groups is 1. The first-order valence-electron chi connectivity index (χ1n) is 6.12. The maximum atomic E-state index is 13.4. The van der Waals surface area contributed by atoms with E-state index in [4.69, 9.17) is 0 Å². The molecule has 0 unspecified atom stereocenters. The van der Waals surface area contributed by atoms with Crippen LogP contribution in [0.4, 0.5) is 10.1 Å². The van der Waals surface area contributed by atoms with Gasteiger partial charge in [0.15, 0.2) is 0 Å². The summed E-state index contributed by atoms with van der Waals surface area (Å²) in [5.74, 6) is -1.10. The number of ether oxygens (including phenoxy) is 1. The molecule has 0 saturated carbocycles. The van der Waals surface area contributed by atoms with Gasteiger partial charge < -0.3 is 9.64 Å². The fourth-order valence-electron chi connectivity index (χ4n) is 1.78. The number of nitro groups is 1. The van der Waals surface area contributed by atoms with Crippen LogP contribution in [0.25, 0.3) is 0 Å². The molecule has 0 aliphatic heterocycles. The quantitative estimate of drug-likeness (QED) is 0.435. The molecule has 0 aromatic heterocycles. The zero-order valence-corrected chi connectivity index (χ0v) is 11.5. The van der Waals surface area contributed by atoms with Crippen LogP contribution in [0.3, 0.4) is 0 Å². The molecule has 1 aromatic carbocycles. The predicted molar refractivity (Wildman–Crippen MR) is 70.6 cm³/mol. The molecule has 0 aliphatic rings. The minimum atomic E-state index is -0.838. The van der Waals surface area contributed by atoms with Crippen LogP contribution in [0.5, 0.6) is 0 Å². The zero-order valence-electron chi connectivity index (χ0n) is 11.5. The SMILES string of the molecule is COC(=O)CCCN(C)Cc1ccc([N+](=O)[O-])c(F)c1. The van der Waals surface area contributed by atoms with Crippen molar-refractivity contribution < 1.29 is 18.8 Å². The molecule has 0 atom stereocenters. The third kappa shape index (κ3) is 4.93. The van der Waals surface area contributed by atoms with Gasteiger partial charge in [-0.05, 0) is 31.6 Å². The van der Waals surface area contributed by atoms with E-state index in [1.54, 1.807) is 0 Å². The number of methoxy groups -OCH3 is 1. The van der Waals surface area contributed by atoms with Crippen molar-refractivity contribution in [3.05, 3.63) is 39.7 Å². The molecule has 1 rings (SSSR count). The molecule has 6 nitrogen and oxygen atoms in total. The van der Waals surface area contributed by atoms with E-state index >= 15 is 0 Å². The molecule has 0 radical (unpaired) electrons. The Morgan fingerprint density at radius 3 is 2.75 bits per heavy atom. The van der Waals surface area contributed by atoms with Crippen molar-refractivity contribution in [3.63, 3.8) is 0 Å². The first-order valence-corrected chi connectivity index (χ1v) is 6.12. The van der Waals surface area contributed by atoms with E-state index in [-0.39, 0.29) is 5.97 Å².